The van der Waals surface area contributed by atoms with Gasteiger partial charge < -0.3 is 18.4 Å². The van der Waals surface area contributed by atoms with E-state index in [0.717, 1.165) is 14.2 Å². The number of methoxy groups -OCH3 is 2. The number of carbonyl (C=O) groups excluding carboxylic acids is 2. The molecule has 0 saturated carbocycles. The summed E-state index contributed by atoms with van der Waals surface area (Å²) in [6.45, 7) is 5.62. The largest absolute Gasteiger partial charge is 0.490 e. The number of rotatable bonds is 10. The first-order valence-corrected chi connectivity index (χ1v) is 11.0. The molecule has 0 saturated heterocycles. The van der Waals surface area contributed by atoms with Crippen LogP contribution in [0.15, 0.2) is 65.6 Å². The third kappa shape index (κ3) is 5.98. The Labute approximate surface area is 187 Å². The van der Waals surface area contributed by atoms with E-state index in [1.54, 1.807) is 37.3 Å². The molecule has 170 valence electrons. The molecule has 8 nitrogen and oxygen atoms in total. The summed E-state index contributed by atoms with van der Waals surface area (Å²) in [4.78, 5) is 24.0. The molecule has 0 aliphatic rings. The Morgan fingerprint density at radius 2 is 1.66 bits per heavy atom. The summed E-state index contributed by atoms with van der Waals surface area (Å²) in [5.74, 6) is -1.66. The highest BCUT2D eigenvalue weighted by Gasteiger charge is 2.24. The van der Waals surface area contributed by atoms with Gasteiger partial charge in [-0.05, 0) is 49.2 Å². The second kappa shape index (κ2) is 11.1. The van der Waals surface area contributed by atoms with Crippen molar-refractivity contribution in [2.45, 2.75) is 18.2 Å². The summed E-state index contributed by atoms with van der Waals surface area (Å²) < 4.78 is 45.9. The molecule has 32 heavy (non-hydrogen) atoms. The van der Waals surface area contributed by atoms with Crippen LogP contribution in [0.1, 0.15) is 18.1 Å². The highest BCUT2D eigenvalue weighted by molar-refractivity contribution is 7.87. The van der Waals surface area contributed by atoms with E-state index in [1.165, 1.54) is 24.3 Å². The van der Waals surface area contributed by atoms with E-state index in [-0.39, 0.29) is 35.0 Å². The molecule has 0 fully saturated rings. The minimum atomic E-state index is -4.14. The second-order valence-electron chi connectivity index (χ2n) is 6.32. The van der Waals surface area contributed by atoms with Crippen LogP contribution in [0, 0.1) is 0 Å². The predicted molar refractivity (Wildman–Crippen MR) is 118 cm³/mol. The quantitative estimate of drug-likeness (QED) is 0.133. The van der Waals surface area contributed by atoms with Crippen molar-refractivity contribution in [2.75, 3.05) is 20.8 Å². The number of allylic oxidation sites excluding steroid dienone is 1. The molecule has 0 aliphatic heterocycles. The number of benzene rings is 2. The molecule has 2 aromatic carbocycles. The van der Waals surface area contributed by atoms with Gasteiger partial charge in [0.25, 0.3) is 0 Å². The molecule has 9 heteroatoms. The van der Waals surface area contributed by atoms with Crippen LogP contribution in [0.4, 0.5) is 0 Å². The van der Waals surface area contributed by atoms with E-state index in [1.807, 2.05) is 0 Å². The van der Waals surface area contributed by atoms with Crippen LogP contribution in [-0.2, 0) is 35.6 Å². The molecular weight excluding hydrogens is 436 g/mol. The molecule has 2 rings (SSSR count). The van der Waals surface area contributed by atoms with Crippen molar-refractivity contribution in [1.29, 1.82) is 0 Å². The van der Waals surface area contributed by atoms with E-state index >= 15 is 0 Å². The van der Waals surface area contributed by atoms with Gasteiger partial charge in [-0.1, -0.05) is 24.3 Å². The molecular formula is C23H24O8S. The lowest BCUT2D eigenvalue weighted by molar-refractivity contribution is -0.143. The molecule has 0 N–H and O–H groups in total. The van der Waals surface area contributed by atoms with Gasteiger partial charge >= 0.3 is 22.1 Å². The van der Waals surface area contributed by atoms with Gasteiger partial charge in [0.05, 0.1) is 20.8 Å². The smallest absolute Gasteiger partial charge is 0.345 e. The lowest BCUT2D eigenvalue weighted by Crippen LogP contribution is -2.15. The number of carbonyl (C=O) groups is 2. The number of ether oxygens (including phenoxy) is 3. The zero-order chi connectivity index (χ0) is 23.7. The average molecular weight is 461 g/mol. The molecule has 0 amide bonds. The fourth-order valence-corrected chi connectivity index (χ4v) is 3.76. The molecule has 0 aliphatic carbocycles. The normalized spacial score (nSPS) is 10.6. The van der Waals surface area contributed by atoms with Gasteiger partial charge in [0.2, 0.25) is 0 Å². The molecule has 0 unspecified atom stereocenters. The zero-order valence-electron chi connectivity index (χ0n) is 18.0. The van der Waals surface area contributed by atoms with E-state index in [9.17, 15) is 18.0 Å². The molecule has 0 aromatic heterocycles. The maximum Gasteiger partial charge on any atom is 0.345 e. The zero-order valence-corrected chi connectivity index (χ0v) is 18.8. The Morgan fingerprint density at radius 3 is 2.19 bits per heavy atom. The third-order valence-corrected chi connectivity index (χ3v) is 5.40. The Morgan fingerprint density at radius 1 is 1.03 bits per heavy atom. The van der Waals surface area contributed by atoms with Gasteiger partial charge in [-0.2, -0.15) is 8.42 Å². The fraction of sp³-hybridized carbons (Fsp3) is 0.217. The Kier molecular flexibility index (Phi) is 8.60. The van der Waals surface area contributed by atoms with Crippen LogP contribution < -0.4 is 8.92 Å². The standard InChI is InChI=1S/C23H24O8S/c1-5-10-17-13-16(14-19(22(24)28-3)23(25)29-4)15-20(30-6-2)21(17)31-32(26,27)18-11-8-7-9-12-18/h5,7-9,11-15H,1,6,10H2,2-4H3. The minimum absolute atomic E-state index is 0.00885. The van der Waals surface area contributed by atoms with Crippen molar-refractivity contribution in [3.8, 4) is 11.5 Å². The Bertz CT molecular complexity index is 1100. The monoisotopic (exact) mass is 460 g/mol. The molecule has 0 radical (unpaired) electrons. The van der Waals surface area contributed by atoms with Crippen molar-refractivity contribution in [1.82, 2.24) is 0 Å². The molecule has 2 aromatic rings. The van der Waals surface area contributed by atoms with Crippen LogP contribution in [0.5, 0.6) is 11.5 Å². The molecule has 0 bridgehead atoms. The second-order valence-corrected chi connectivity index (χ2v) is 7.87. The molecule has 0 spiro atoms. The first-order chi connectivity index (χ1) is 15.3. The maximum atomic E-state index is 12.8. The fourth-order valence-electron chi connectivity index (χ4n) is 2.76. The van der Waals surface area contributed by atoms with Crippen molar-refractivity contribution >= 4 is 28.1 Å². The summed E-state index contributed by atoms with van der Waals surface area (Å²) in [7, 11) is -1.87. The highest BCUT2D eigenvalue weighted by Crippen LogP contribution is 2.36. The summed E-state index contributed by atoms with van der Waals surface area (Å²) in [5, 5.41) is 0. The van der Waals surface area contributed by atoms with Gasteiger partial charge in [-0.15, -0.1) is 6.58 Å². The van der Waals surface area contributed by atoms with Gasteiger partial charge in [-0.3, -0.25) is 0 Å². The summed E-state index contributed by atoms with van der Waals surface area (Å²) in [6, 6.07) is 10.7. The van der Waals surface area contributed by atoms with Crippen molar-refractivity contribution in [2.24, 2.45) is 0 Å². The number of hydrogen-bond donors (Lipinski definition) is 0. The molecule has 0 atom stereocenters. The van der Waals surface area contributed by atoms with Crippen LogP contribution in [0.25, 0.3) is 6.08 Å². The van der Waals surface area contributed by atoms with E-state index in [0.29, 0.717) is 11.1 Å². The van der Waals surface area contributed by atoms with E-state index in [4.69, 9.17) is 8.92 Å². The summed E-state index contributed by atoms with van der Waals surface area (Å²) in [5.41, 5.74) is 0.457. The van der Waals surface area contributed by atoms with Gasteiger partial charge in [-0.25, -0.2) is 9.59 Å². The number of hydrogen-bond acceptors (Lipinski definition) is 8. The van der Waals surface area contributed by atoms with Crippen LogP contribution in [0.2, 0.25) is 0 Å². The average Bonchev–Trinajstić information content (AvgIpc) is 2.79. The summed E-state index contributed by atoms with van der Waals surface area (Å²) in [6.07, 6.45) is 3.05. The SMILES string of the molecule is C=CCc1cc(C=C(C(=O)OC)C(=O)OC)cc(OCC)c1OS(=O)(=O)c1ccccc1. The summed E-state index contributed by atoms with van der Waals surface area (Å²) >= 11 is 0. The number of esters is 2. The van der Waals surface area contributed by atoms with Crippen molar-refractivity contribution in [3.05, 3.63) is 71.8 Å². The van der Waals surface area contributed by atoms with E-state index < -0.39 is 22.1 Å². The highest BCUT2D eigenvalue weighted by atomic mass is 32.2. The van der Waals surface area contributed by atoms with E-state index in [2.05, 4.69) is 16.1 Å². The van der Waals surface area contributed by atoms with Gasteiger partial charge in [0.1, 0.15) is 10.5 Å². The van der Waals surface area contributed by atoms with Crippen LogP contribution in [0.3, 0.4) is 0 Å². The Balaban J connectivity index is 2.65. The van der Waals surface area contributed by atoms with Crippen molar-refractivity contribution in [3.63, 3.8) is 0 Å². The van der Waals surface area contributed by atoms with Crippen LogP contribution in [-0.4, -0.2) is 41.2 Å². The predicted octanol–water partition coefficient (Wildman–Crippen LogP) is 3.31. The van der Waals surface area contributed by atoms with Crippen molar-refractivity contribution < 1.29 is 36.4 Å². The van der Waals surface area contributed by atoms with Gasteiger partial charge in [0.15, 0.2) is 11.5 Å². The van der Waals surface area contributed by atoms with Crippen LogP contribution >= 0.6 is 0 Å². The van der Waals surface area contributed by atoms with Gasteiger partial charge in [0, 0.05) is 5.56 Å². The lowest BCUT2D eigenvalue weighted by atomic mass is 10.0. The third-order valence-electron chi connectivity index (χ3n) is 4.16. The first-order valence-electron chi connectivity index (χ1n) is 9.55. The minimum Gasteiger partial charge on any atom is -0.490 e. The maximum absolute atomic E-state index is 12.8. The first kappa shape index (κ1) is 24.7. The topological polar surface area (TPSA) is 105 Å². The lowest BCUT2D eigenvalue weighted by Gasteiger charge is -2.16. The Hall–Kier alpha value is -3.59. The molecule has 0 heterocycles.